The molecule has 3 rings (SSSR count). The van der Waals surface area contributed by atoms with Crippen molar-refractivity contribution in [2.45, 2.75) is 37.8 Å². The molecule has 1 aliphatic heterocycles. The summed E-state index contributed by atoms with van der Waals surface area (Å²) in [5, 5.41) is 8.06. The second-order valence-corrected chi connectivity index (χ2v) is 9.60. The fourth-order valence-electron chi connectivity index (χ4n) is 3.61. The van der Waals surface area contributed by atoms with Gasteiger partial charge in [0.05, 0.1) is 5.92 Å². The van der Waals surface area contributed by atoms with Crippen LogP contribution in [0.25, 0.3) is 0 Å². The first-order chi connectivity index (χ1) is 15.4. The molecule has 1 aromatic heterocycles. The van der Waals surface area contributed by atoms with Gasteiger partial charge in [0.2, 0.25) is 15.9 Å². The Morgan fingerprint density at radius 1 is 1.27 bits per heavy atom. The summed E-state index contributed by atoms with van der Waals surface area (Å²) in [6, 6.07) is 5.48. The molecule has 2 N–H and O–H groups in total. The van der Waals surface area contributed by atoms with E-state index in [4.69, 9.17) is 4.52 Å². The van der Waals surface area contributed by atoms with Crippen molar-refractivity contribution in [2.24, 2.45) is 5.92 Å². The lowest BCUT2D eigenvalue weighted by Gasteiger charge is -2.31. The molecule has 0 radical (unpaired) electrons. The van der Waals surface area contributed by atoms with Crippen molar-refractivity contribution in [3.63, 3.8) is 0 Å². The number of aromatic nitrogens is 1. The molecule has 1 aliphatic rings. The number of anilines is 1. The van der Waals surface area contributed by atoms with Crippen LogP contribution in [0.4, 0.5) is 18.9 Å². The monoisotopic (exact) mass is 488 g/mol. The van der Waals surface area contributed by atoms with E-state index in [0.717, 1.165) is 0 Å². The van der Waals surface area contributed by atoms with Crippen LogP contribution in [0.5, 0.6) is 0 Å². The Bertz CT molecular complexity index is 1130. The van der Waals surface area contributed by atoms with Gasteiger partial charge in [0.1, 0.15) is 17.1 Å². The lowest BCUT2D eigenvalue weighted by Crippen LogP contribution is -2.43. The van der Waals surface area contributed by atoms with Gasteiger partial charge in [-0.1, -0.05) is 11.2 Å². The third kappa shape index (κ3) is 5.90. The van der Waals surface area contributed by atoms with Crippen LogP contribution in [0, 0.1) is 19.8 Å². The number of carbonyl (C=O) groups excluding carboxylic acids is 2. The maximum atomic E-state index is 13.0. The van der Waals surface area contributed by atoms with Crippen LogP contribution in [-0.2, 0) is 14.8 Å². The first kappa shape index (κ1) is 24.7. The molecular weight excluding hydrogens is 465 g/mol. The van der Waals surface area contributed by atoms with Crippen LogP contribution >= 0.6 is 0 Å². The van der Waals surface area contributed by atoms with E-state index in [1.54, 1.807) is 5.32 Å². The second kappa shape index (κ2) is 9.51. The molecule has 0 bridgehead atoms. The quantitative estimate of drug-likeness (QED) is 0.645. The smallest absolute Gasteiger partial charge is 0.360 e. The van der Waals surface area contributed by atoms with Crippen LogP contribution in [-0.4, -0.2) is 55.5 Å². The highest BCUT2D eigenvalue weighted by Gasteiger charge is 2.36. The number of amides is 2. The lowest BCUT2D eigenvalue weighted by atomic mass is 9.98. The first-order valence-corrected chi connectivity index (χ1v) is 11.5. The van der Waals surface area contributed by atoms with Gasteiger partial charge in [-0.2, -0.15) is 17.5 Å². The van der Waals surface area contributed by atoms with Gasteiger partial charge in [-0.05, 0) is 44.9 Å². The van der Waals surface area contributed by atoms with Crippen LogP contribution < -0.4 is 10.6 Å². The minimum absolute atomic E-state index is 0.0128. The number of alkyl halides is 3. The van der Waals surface area contributed by atoms with E-state index in [-0.39, 0.29) is 40.7 Å². The summed E-state index contributed by atoms with van der Waals surface area (Å²) in [4.78, 5) is 24.7. The average Bonchev–Trinajstić information content (AvgIpc) is 3.10. The van der Waals surface area contributed by atoms with E-state index in [1.807, 2.05) is 0 Å². The summed E-state index contributed by atoms with van der Waals surface area (Å²) < 4.78 is 69.2. The summed E-state index contributed by atoms with van der Waals surface area (Å²) in [5.41, 5.74) is 0.397. The number of sulfonamides is 1. The van der Waals surface area contributed by atoms with Crippen LogP contribution in [0.3, 0.4) is 0 Å². The van der Waals surface area contributed by atoms with E-state index < -0.39 is 40.5 Å². The Balaban J connectivity index is 1.68. The van der Waals surface area contributed by atoms with E-state index in [1.165, 1.54) is 42.4 Å². The van der Waals surface area contributed by atoms with Crippen LogP contribution in [0.15, 0.2) is 33.7 Å². The van der Waals surface area contributed by atoms with Crippen molar-refractivity contribution >= 4 is 27.5 Å². The predicted molar refractivity (Wildman–Crippen MR) is 111 cm³/mol. The third-order valence-electron chi connectivity index (χ3n) is 5.16. The number of aryl methyl sites for hydroxylation is 2. The molecule has 13 heteroatoms. The third-order valence-corrected chi connectivity index (χ3v) is 7.27. The number of nitrogens with zero attached hydrogens (tertiary/aromatic N) is 2. The molecule has 9 nitrogen and oxygen atoms in total. The summed E-state index contributed by atoms with van der Waals surface area (Å²) in [7, 11) is -3.90. The Labute approximate surface area is 188 Å². The molecule has 0 saturated carbocycles. The van der Waals surface area contributed by atoms with E-state index in [2.05, 4.69) is 10.5 Å². The van der Waals surface area contributed by atoms with Crippen molar-refractivity contribution < 1.29 is 35.7 Å². The highest BCUT2D eigenvalue weighted by atomic mass is 32.2. The van der Waals surface area contributed by atoms with Gasteiger partial charge in [0.25, 0.3) is 5.91 Å². The largest absolute Gasteiger partial charge is 0.405 e. The molecule has 2 heterocycles. The van der Waals surface area contributed by atoms with Gasteiger partial charge in [0, 0.05) is 24.3 Å². The van der Waals surface area contributed by atoms with Crippen molar-refractivity contribution in [1.82, 2.24) is 14.8 Å². The Kier molecular flexibility index (Phi) is 7.12. The van der Waals surface area contributed by atoms with Gasteiger partial charge in [-0.3, -0.25) is 9.59 Å². The number of piperidine rings is 1. The van der Waals surface area contributed by atoms with Crippen molar-refractivity contribution in [1.29, 1.82) is 0 Å². The number of benzene rings is 1. The van der Waals surface area contributed by atoms with E-state index >= 15 is 0 Å². The highest BCUT2D eigenvalue weighted by Crippen LogP contribution is 2.28. The fraction of sp³-hybridized carbons (Fsp3) is 0.450. The summed E-state index contributed by atoms with van der Waals surface area (Å²) in [6.07, 6.45) is -3.63. The molecule has 180 valence electrons. The van der Waals surface area contributed by atoms with Gasteiger partial charge in [-0.25, -0.2) is 8.42 Å². The number of carbonyl (C=O) groups is 2. The number of hydrogen-bond acceptors (Lipinski definition) is 6. The number of nitrogens with one attached hydrogen (secondary N) is 2. The zero-order chi connectivity index (χ0) is 24.4. The highest BCUT2D eigenvalue weighted by molar-refractivity contribution is 7.89. The van der Waals surface area contributed by atoms with E-state index in [9.17, 15) is 31.2 Å². The maximum Gasteiger partial charge on any atom is 0.405 e. The van der Waals surface area contributed by atoms with Crippen molar-refractivity contribution in [3.05, 3.63) is 41.3 Å². The van der Waals surface area contributed by atoms with Gasteiger partial charge in [-0.15, -0.1) is 0 Å². The summed E-state index contributed by atoms with van der Waals surface area (Å²) >= 11 is 0. The van der Waals surface area contributed by atoms with Gasteiger partial charge >= 0.3 is 6.18 Å². The number of rotatable bonds is 6. The Morgan fingerprint density at radius 2 is 2.00 bits per heavy atom. The van der Waals surface area contributed by atoms with Crippen LogP contribution in [0.1, 0.15) is 34.7 Å². The minimum atomic E-state index is -4.54. The molecule has 2 amide bonds. The first-order valence-electron chi connectivity index (χ1n) is 10.1. The molecule has 2 aromatic rings. The Morgan fingerprint density at radius 3 is 2.64 bits per heavy atom. The van der Waals surface area contributed by atoms with Crippen LogP contribution in [0.2, 0.25) is 0 Å². The number of halogens is 3. The minimum Gasteiger partial charge on any atom is -0.360 e. The van der Waals surface area contributed by atoms with Crippen molar-refractivity contribution in [2.75, 3.05) is 25.0 Å². The standard InChI is InChI=1S/C20H23F3N4O5S/c1-12-17(13(2)32-26-12)33(30,31)27-8-4-6-15(10-27)19(29)25-16-7-3-5-14(9-16)18(28)24-11-20(21,22)23/h3,5,7,9,15H,4,6,8,10-11H2,1-2H3,(H,24,28)(H,25,29). The molecule has 1 aromatic carbocycles. The molecule has 1 fully saturated rings. The molecule has 0 spiro atoms. The molecule has 33 heavy (non-hydrogen) atoms. The fourth-order valence-corrected chi connectivity index (χ4v) is 5.43. The normalized spacial score (nSPS) is 17.5. The SMILES string of the molecule is Cc1noc(C)c1S(=O)(=O)N1CCCC(C(=O)Nc2cccc(C(=O)NCC(F)(F)F)c2)C1. The van der Waals surface area contributed by atoms with E-state index in [0.29, 0.717) is 12.8 Å². The van der Waals surface area contributed by atoms with Gasteiger partial charge < -0.3 is 15.2 Å². The molecule has 1 saturated heterocycles. The number of hydrogen-bond donors (Lipinski definition) is 2. The Hall–Kier alpha value is -2.93. The lowest BCUT2D eigenvalue weighted by molar-refractivity contribution is -0.123. The molecule has 1 unspecified atom stereocenters. The maximum absolute atomic E-state index is 13.0. The van der Waals surface area contributed by atoms with Gasteiger partial charge in [0.15, 0.2) is 5.76 Å². The predicted octanol–water partition coefficient (Wildman–Crippen LogP) is 2.62. The molecular formula is C20H23F3N4O5S. The second-order valence-electron chi connectivity index (χ2n) is 7.72. The zero-order valence-electron chi connectivity index (χ0n) is 17.9. The summed E-state index contributed by atoms with van der Waals surface area (Å²) in [6.45, 7) is 1.74. The zero-order valence-corrected chi connectivity index (χ0v) is 18.7. The van der Waals surface area contributed by atoms with Crippen molar-refractivity contribution in [3.8, 4) is 0 Å². The topological polar surface area (TPSA) is 122 Å². The molecule has 0 aliphatic carbocycles. The molecule has 1 atom stereocenters. The summed E-state index contributed by atoms with van der Waals surface area (Å²) in [5.74, 6) is -1.88. The average molecular weight is 488 g/mol.